The molecule has 31 heavy (non-hydrogen) atoms. The smallest absolute Gasteiger partial charge is 0.387 e. The van der Waals surface area contributed by atoms with Crippen LogP contribution in [0.5, 0.6) is 5.75 Å². The third kappa shape index (κ3) is 6.33. The minimum absolute atomic E-state index is 0.378. The van der Waals surface area contributed by atoms with Gasteiger partial charge in [0.2, 0.25) is 0 Å². The summed E-state index contributed by atoms with van der Waals surface area (Å²) in [6, 6.07) is 16.1. The molecule has 0 atom stereocenters. The summed E-state index contributed by atoms with van der Waals surface area (Å²) in [6.45, 7) is -0.908. The van der Waals surface area contributed by atoms with Gasteiger partial charge >= 0.3 is 6.61 Å². The van der Waals surface area contributed by atoms with Crippen LogP contribution >= 0.6 is 0 Å². The molecular formula is C26H26F4O. The SMILES string of the molecule is CCCCCCCc1ccc(-c2ccc(-c3ccc(OC(F)F)c(F)c3)cc2F)cc1. The fraction of sp³-hybridized carbons (Fsp3) is 0.308. The van der Waals surface area contributed by atoms with Gasteiger partial charge < -0.3 is 4.74 Å². The van der Waals surface area contributed by atoms with E-state index in [9.17, 15) is 17.6 Å². The van der Waals surface area contributed by atoms with E-state index in [4.69, 9.17) is 0 Å². The monoisotopic (exact) mass is 430 g/mol. The summed E-state index contributed by atoms with van der Waals surface area (Å²) in [5.41, 5.74) is 3.29. The van der Waals surface area contributed by atoms with Crippen molar-refractivity contribution in [3.8, 4) is 28.0 Å². The topological polar surface area (TPSA) is 9.23 Å². The first kappa shape index (κ1) is 22.9. The predicted molar refractivity (Wildman–Crippen MR) is 116 cm³/mol. The Labute approximate surface area is 180 Å². The Kier molecular flexibility index (Phi) is 8.10. The molecule has 0 amide bonds. The van der Waals surface area contributed by atoms with E-state index in [-0.39, 0.29) is 0 Å². The normalized spacial score (nSPS) is 11.2. The maximum Gasteiger partial charge on any atom is 0.387 e. The van der Waals surface area contributed by atoms with Crippen LogP contribution in [-0.2, 0) is 6.42 Å². The van der Waals surface area contributed by atoms with Crippen molar-refractivity contribution in [1.82, 2.24) is 0 Å². The van der Waals surface area contributed by atoms with Gasteiger partial charge in [-0.25, -0.2) is 8.78 Å². The second kappa shape index (κ2) is 11.0. The maximum atomic E-state index is 14.8. The van der Waals surface area contributed by atoms with E-state index in [1.165, 1.54) is 43.4 Å². The number of rotatable bonds is 10. The Morgan fingerprint density at radius 1 is 0.710 bits per heavy atom. The van der Waals surface area contributed by atoms with Crippen molar-refractivity contribution in [3.63, 3.8) is 0 Å². The van der Waals surface area contributed by atoms with Gasteiger partial charge in [-0.15, -0.1) is 0 Å². The van der Waals surface area contributed by atoms with Crippen LogP contribution in [0.4, 0.5) is 17.6 Å². The van der Waals surface area contributed by atoms with Crippen LogP contribution in [0.25, 0.3) is 22.3 Å². The van der Waals surface area contributed by atoms with Gasteiger partial charge in [0.15, 0.2) is 11.6 Å². The van der Waals surface area contributed by atoms with Gasteiger partial charge in [0.05, 0.1) is 0 Å². The Morgan fingerprint density at radius 2 is 1.32 bits per heavy atom. The van der Waals surface area contributed by atoms with Crippen molar-refractivity contribution in [1.29, 1.82) is 0 Å². The molecule has 0 saturated heterocycles. The number of hydrogen-bond donors (Lipinski definition) is 0. The molecule has 0 aliphatic carbocycles. The molecule has 0 aliphatic rings. The Morgan fingerprint density at radius 3 is 1.94 bits per heavy atom. The molecule has 0 aromatic heterocycles. The number of benzene rings is 3. The van der Waals surface area contributed by atoms with Crippen LogP contribution in [0.1, 0.15) is 44.6 Å². The average Bonchev–Trinajstić information content (AvgIpc) is 2.75. The van der Waals surface area contributed by atoms with Gasteiger partial charge in [0.25, 0.3) is 0 Å². The largest absolute Gasteiger partial charge is 0.432 e. The van der Waals surface area contributed by atoms with Crippen molar-refractivity contribution in [2.45, 2.75) is 52.1 Å². The lowest BCUT2D eigenvalue weighted by molar-refractivity contribution is -0.0521. The molecule has 0 spiro atoms. The minimum atomic E-state index is -3.11. The lowest BCUT2D eigenvalue weighted by atomic mass is 9.98. The summed E-state index contributed by atoms with van der Waals surface area (Å²) in [4.78, 5) is 0. The zero-order valence-corrected chi connectivity index (χ0v) is 17.5. The first-order valence-electron chi connectivity index (χ1n) is 10.6. The van der Waals surface area contributed by atoms with Crippen molar-refractivity contribution in [2.75, 3.05) is 0 Å². The first-order valence-corrected chi connectivity index (χ1v) is 10.6. The number of hydrogen-bond acceptors (Lipinski definition) is 1. The van der Waals surface area contributed by atoms with Crippen LogP contribution in [0, 0.1) is 11.6 Å². The molecule has 3 aromatic carbocycles. The van der Waals surface area contributed by atoms with Gasteiger partial charge in [0.1, 0.15) is 5.82 Å². The second-order valence-electron chi connectivity index (χ2n) is 7.58. The van der Waals surface area contributed by atoms with Crippen molar-refractivity contribution < 1.29 is 22.3 Å². The highest BCUT2D eigenvalue weighted by Gasteiger charge is 2.13. The highest BCUT2D eigenvalue weighted by Crippen LogP contribution is 2.31. The fourth-order valence-electron chi connectivity index (χ4n) is 3.58. The molecule has 3 rings (SSSR count). The standard InChI is InChI=1S/C26H26F4O/c1-2-3-4-5-6-7-18-8-10-19(11-9-18)22-14-12-20(16-23(22)27)21-13-15-25(24(28)17-21)31-26(29)30/h8-17,26H,2-7H2,1H3. The zero-order valence-electron chi connectivity index (χ0n) is 17.5. The van der Waals surface area contributed by atoms with Gasteiger partial charge in [-0.05, 0) is 53.3 Å². The molecule has 0 bridgehead atoms. The molecule has 164 valence electrons. The van der Waals surface area contributed by atoms with Crippen LogP contribution < -0.4 is 4.74 Å². The Balaban J connectivity index is 1.70. The molecule has 5 heteroatoms. The number of alkyl halides is 2. The van der Waals surface area contributed by atoms with Gasteiger partial charge in [0, 0.05) is 5.56 Å². The Bertz CT molecular complexity index is 983. The quantitative estimate of drug-likeness (QED) is 0.232. The minimum Gasteiger partial charge on any atom is -0.432 e. The zero-order chi connectivity index (χ0) is 22.2. The highest BCUT2D eigenvalue weighted by atomic mass is 19.3. The Hall–Kier alpha value is -2.82. The first-order chi connectivity index (χ1) is 15.0. The van der Waals surface area contributed by atoms with Gasteiger partial charge in [-0.1, -0.05) is 75.1 Å². The molecule has 0 radical (unpaired) electrons. The third-order valence-electron chi connectivity index (χ3n) is 5.28. The van der Waals surface area contributed by atoms with E-state index in [1.54, 1.807) is 12.1 Å². The van der Waals surface area contributed by atoms with Crippen LogP contribution in [-0.4, -0.2) is 6.61 Å². The maximum absolute atomic E-state index is 14.8. The highest BCUT2D eigenvalue weighted by molar-refractivity contribution is 5.71. The summed E-state index contributed by atoms with van der Waals surface area (Å²) >= 11 is 0. The van der Waals surface area contributed by atoms with Crippen molar-refractivity contribution in [3.05, 3.63) is 77.9 Å². The van der Waals surface area contributed by atoms with Gasteiger partial charge in [-0.2, -0.15) is 8.78 Å². The number of aryl methyl sites for hydroxylation is 1. The molecular weight excluding hydrogens is 404 g/mol. The van der Waals surface area contributed by atoms with E-state index in [1.807, 2.05) is 24.3 Å². The fourth-order valence-corrected chi connectivity index (χ4v) is 3.58. The average molecular weight is 430 g/mol. The van der Waals surface area contributed by atoms with Crippen LogP contribution in [0.3, 0.4) is 0 Å². The third-order valence-corrected chi connectivity index (χ3v) is 5.28. The van der Waals surface area contributed by atoms with Gasteiger partial charge in [-0.3, -0.25) is 0 Å². The molecule has 1 nitrogen and oxygen atoms in total. The van der Waals surface area contributed by atoms with E-state index in [2.05, 4.69) is 11.7 Å². The summed E-state index contributed by atoms with van der Waals surface area (Å²) in [6.07, 6.45) is 7.16. The molecule has 0 aliphatic heterocycles. The molecule has 0 heterocycles. The number of unbranched alkanes of at least 4 members (excludes halogenated alkanes) is 4. The van der Waals surface area contributed by atoms with Crippen LogP contribution in [0.2, 0.25) is 0 Å². The molecule has 0 fully saturated rings. The number of halogens is 4. The van der Waals surface area contributed by atoms with E-state index in [0.717, 1.165) is 30.5 Å². The summed E-state index contributed by atoms with van der Waals surface area (Å²) in [5, 5.41) is 0. The molecule has 0 unspecified atom stereocenters. The summed E-state index contributed by atoms with van der Waals surface area (Å²) < 4.78 is 57.4. The molecule has 3 aromatic rings. The second-order valence-corrected chi connectivity index (χ2v) is 7.58. The van der Waals surface area contributed by atoms with Crippen LogP contribution in [0.15, 0.2) is 60.7 Å². The lowest BCUT2D eigenvalue weighted by Gasteiger charge is -2.10. The number of ether oxygens (including phenoxy) is 1. The summed E-state index contributed by atoms with van der Waals surface area (Å²) in [7, 11) is 0. The predicted octanol–water partition coefficient (Wildman–Crippen LogP) is 8.41. The van der Waals surface area contributed by atoms with E-state index < -0.39 is 24.0 Å². The van der Waals surface area contributed by atoms with E-state index >= 15 is 0 Å². The summed E-state index contributed by atoms with van der Waals surface area (Å²) in [5.74, 6) is -1.90. The molecule has 0 saturated carbocycles. The van der Waals surface area contributed by atoms with E-state index in [0.29, 0.717) is 16.7 Å². The molecule has 0 N–H and O–H groups in total. The van der Waals surface area contributed by atoms with Crippen molar-refractivity contribution >= 4 is 0 Å². The van der Waals surface area contributed by atoms with Crippen molar-refractivity contribution in [2.24, 2.45) is 0 Å². The lowest BCUT2D eigenvalue weighted by Crippen LogP contribution is -2.03.